The lowest BCUT2D eigenvalue weighted by atomic mass is 10.1. The molecule has 1 fully saturated rings. The SMILES string of the molecule is O=C(Nc1ccc(Cl)cc1)Nc1nc2c(C3CC3)cccc2s1. The molecular weight excluding hydrogens is 330 g/mol. The number of carbonyl (C=O) groups is 1. The van der Waals surface area contributed by atoms with E-state index in [-0.39, 0.29) is 6.03 Å². The summed E-state index contributed by atoms with van der Waals surface area (Å²) in [5.74, 6) is 0.636. The van der Waals surface area contributed by atoms with Gasteiger partial charge in [-0.3, -0.25) is 5.32 Å². The molecule has 2 amide bonds. The van der Waals surface area contributed by atoms with Crippen molar-refractivity contribution in [1.29, 1.82) is 0 Å². The monoisotopic (exact) mass is 343 g/mol. The molecule has 23 heavy (non-hydrogen) atoms. The van der Waals surface area contributed by atoms with Gasteiger partial charge in [0.1, 0.15) is 0 Å². The summed E-state index contributed by atoms with van der Waals surface area (Å²) in [6.07, 6.45) is 2.47. The minimum atomic E-state index is -0.306. The number of nitrogens with one attached hydrogen (secondary N) is 2. The molecule has 0 aliphatic heterocycles. The fourth-order valence-corrected chi connectivity index (χ4v) is 3.56. The maximum atomic E-state index is 12.1. The van der Waals surface area contributed by atoms with Crippen molar-refractivity contribution in [3.8, 4) is 0 Å². The molecule has 116 valence electrons. The van der Waals surface area contributed by atoms with E-state index in [2.05, 4.69) is 27.8 Å². The van der Waals surface area contributed by atoms with E-state index in [9.17, 15) is 4.79 Å². The van der Waals surface area contributed by atoms with Crippen LogP contribution in [0.25, 0.3) is 10.2 Å². The van der Waals surface area contributed by atoms with Crippen molar-refractivity contribution in [2.75, 3.05) is 10.6 Å². The number of amides is 2. The number of anilines is 2. The van der Waals surface area contributed by atoms with Gasteiger partial charge in [-0.15, -0.1) is 0 Å². The Morgan fingerprint density at radius 3 is 2.65 bits per heavy atom. The largest absolute Gasteiger partial charge is 0.325 e. The Labute approximate surface area is 142 Å². The number of hydrogen-bond donors (Lipinski definition) is 2. The zero-order chi connectivity index (χ0) is 15.8. The molecule has 0 atom stereocenters. The Hall–Kier alpha value is -2.11. The highest BCUT2D eigenvalue weighted by Gasteiger charge is 2.26. The first-order chi connectivity index (χ1) is 11.2. The summed E-state index contributed by atoms with van der Waals surface area (Å²) >= 11 is 7.33. The van der Waals surface area contributed by atoms with Crippen molar-refractivity contribution in [3.63, 3.8) is 0 Å². The summed E-state index contributed by atoms with van der Waals surface area (Å²) in [6.45, 7) is 0. The highest BCUT2D eigenvalue weighted by atomic mass is 35.5. The highest BCUT2D eigenvalue weighted by molar-refractivity contribution is 7.22. The van der Waals surface area contributed by atoms with Gasteiger partial charge in [-0.2, -0.15) is 0 Å². The van der Waals surface area contributed by atoms with Gasteiger partial charge in [0.05, 0.1) is 10.2 Å². The van der Waals surface area contributed by atoms with Crippen LogP contribution in [0.3, 0.4) is 0 Å². The minimum Gasteiger partial charge on any atom is -0.308 e. The average molecular weight is 344 g/mol. The Morgan fingerprint density at radius 1 is 1.13 bits per heavy atom. The van der Waals surface area contributed by atoms with Crippen molar-refractivity contribution in [2.24, 2.45) is 0 Å². The molecule has 2 aromatic carbocycles. The van der Waals surface area contributed by atoms with E-state index >= 15 is 0 Å². The molecule has 1 heterocycles. The molecule has 1 aliphatic carbocycles. The van der Waals surface area contributed by atoms with Crippen molar-refractivity contribution < 1.29 is 4.79 Å². The van der Waals surface area contributed by atoms with Crippen molar-refractivity contribution in [2.45, 2.75) is 18.8 Å². The van der Waals surface area contributed by atoms with E-state index in [0.717, 1.165) is 10.2 Å². The van der Waals surface area contributed by atoms with Crippen LogP contribution < -0.4 is 10.6 Å². The number of thiazole rings is 1. The van der Waals surface area contributed by atoms with Crippen LogP contribution in [0.1, 0.15) is 24.3 Å². The van der Waals surface area contributed by atoms with E-state index in [0.29, 0.717) is 21.8 Å². The van der Waals surface area contributed by atoms with Crippen LogP contribution in [-0.4, -0.2) is 11.0 Å². The molecule has 0 unspecified atom stereocenters. The molecule has 1 saturated carbocycles. The topological polar surface area (TPSA) is 54.0 Å². The lowest BCUT2D eigenvalue weighted by molar-refractivity contribution is 0.262. The van der Waals surface area contributed by atoms with Crippen LogP contribution in [-0.2, 0) is 0 Å². The number of halogens is 1. The second kappa shape index (κ2) is 5.83. The number of para-hydroxylation sites is 1. The summed E-state index contributed by atoms with van der Waals surface area (Å²) in [7, 11) is 0. The van der Waals surface area contributed by atoms with Gasteiger partial charge < -0.3 is 5.32 Å². The third kappa shape index (κ3) is 3.16. The van der Waals surface area contributed by atoms with Gasteiger partial charge in [-0.05, 0) is 54.7 Å². The van der Waals surface area contributed by atoms with Crippen LogP contribution in [0.15, 0.2) is 42.5 Å². The van der Waals surface area contributed by atoms with Crippen LogP contribution in [0.5, 0.6) is 0 Å². The molecule has 1 aromatic heterocycles. The Morgan fingerprint density at radius 2 is 1.91 bits per heavy atom. The van der Waals surface area contributed by atoms with Gasteiger partial charge in [0, 0.05) is 10.7 Å². The van der Waals surface area contributed by atoms with Crippen molar-refractivity contribution in [1.82, 2.24) is 4.98 Å². The third-order valence-electron chi connectivity index (χ3n) is 3.79. The maximum Gasteiger partial charge on any atom is 0.325 e. The van der Waals surface area contributed by atoms with E-state index in [1.165, 1.54) is 29.7 Å². The van der Waals surface area contributed by atoms with E-state index in [1.807, 2.05) is 6.07 Å². The zero-order valence-electron chi connectivity index (χ0n) is 12.2. The number of benzene rings is 2. The second-order valence-corrected chi connectivity index (χ2v) is 7.04. The Bertz CT molecular complexity index is 871. The van der Waals surface area contributed by atoms with E-state index in [4.69, 9.17) is 11.6 Å². The van der Waals surface area contributed by atoms with Gasteiger partial charge in [-0.1, -0.05) is 35.1 Å². The summed E-state index contributed by atoms with van der Waals surface area (Å²) < 4.78 is 1.11. The van der Waals surface area contributed by atoms with Gasteiger partial charge in [-0.25, -0.2) is 9.78 Å². The van der Waals surface area contributed by atoms with Crippen molar-refractivity contribution >= 4 is 50.0 Å². The molecule has 0 spiro atoms. The van der Waals surface area contributed by atoms with Gasteiger partial charge in [0.15, 0.2) is 5.13 Å². The minimum absolute atomic E-state index is 0.306. The fraction of sp³-hybridized carbons (Fsp3) is 0.176. The molecule has 1 aliphatic rings. The normalized spacial score (nSPS) is 14.0. The lowest BCUT2D eigenvalue weighted by Gasteiger charge is -2.05. The van der Waals surface area contributed by atoms with Crippen molar-refractivity contribution in [3.05, 3.63) is 53.1 Å². The van der Waals surface area contributed by atoms with Crippen LogP contribution in [0.2, 0.25) is 5.02 Å². The molecule has 0 bridgehead atoms. The summed E-state index contributed by atoms with van der Waals surface area (Å²) in [5.41, 5.74) is 3.00. The number of urea groups is 1. The number of rotatable bonds is 3. The number of fused-ring (bicyclic) bond motifs is 1. The smallest absolute Gasteiger partial charge is 0.308 e. The summed E-state index contributed by atoms with van der Waals surface area (Å²) in [5, 5.41) is 6.82. The first-order valence-electron chi connectivity index (χ1n) is 7.42. The molecule has 2 N–H and O–H groups in total. The Kier molecular flexibility index (Phi) is 3.67. The van der Waals surface area contributed by atoms with Crippen LogP contribution in [0.4, 0.5) is 15.6 Å². The molecule has 4 rings (SSSR count). The average Bonchev–Trinajstić information content (AvgIpc) is 3.29. The van der Waals surface area contributed by atoms with Gasteiger partial charge in [0.25, 0.3) is 0 Å². The molecule has 0 saturated heterocycles. The standard InChI is InChI=1S/C17H14ClN3OS/c18-11-6-8-12(9-7-11)19-16(22)21-17-20-15-13(10-4-5-10)2-1-3-14(15)23-17/h1-3,6-10H,4-5H2,(H2,19,20,21,22). The highest BCUT2D eigenvalue weighted by Crippen LogP contribution is 2.44. The second-order valence-electron chi connectivity index (χ2n) is 5.57. The predicted molar refractivity (Wildman–Crippen MR) is 95.7 cm³/mol. The van der Waals surface area contributed by atoms with Crippen LogP contribution in [0, 0.1) is 0 Å². The summed E-state index contributed by atoms with van der Waals surface area (Å²) in [6, 6.07) is 12.9. The van der Waals surface area contributed by atoms with Crippen LogP contribution >= 0.6 is 22.9 Å². The Balaban J connectivity index is 1.52. The summed E-state index contributed by atoms with van der Waals surface area (Å²) in [4.78, 5) is 16.7. The lowest BCUT2D eigenvalue weighted by Crippen LogP contribution is -2.19. The number of carbonyl (C=O) groups excluding carboxylic acids is 1. The first kappa shape index (κ1) is 14.5. The number of aromatic nitrogens is 1. The molecule has 4 nitrogen and oxygen atoms in total. The van der Waals surface area contributed by atoms with Gasteiger partial charge in [0.2, 0.25) is 0 Å². The predicted octanol–water partition coefficient (Wildman–Crippen LogP) is 5.47. The van der Waals surface area contributed by atoms with E-state index in [1.54, 1.807) is 24.3 Å². The molecule has 6 heteroatoms. The van der Waals surface area contributed by atoms with Gasteiger partial charge >= 0.3 is 6.03 Å². The molecule has 0 radical (unpaired) electrons. The molecular formula is C17H14ClN3OS. The molecule has 3 aromatic rings. The third-order valence-corrected chi connectivity index (χ3v) is 4.98. The maximum absolute atomic E-state index is 12.1. The first-order valence-corrected chi connectivity index (χ1v) is 8.61. The number of nitrogens with zero attached hydrogens (tertiary/aromatic N) is 1. The fourth-order valence-electron chi connectivity index (χ4n) is 2.54. The quantitative estimate of drug-likeness (QED) is 0.662. The zero-order valence-corrected chi connectivity index (χ0v) is 13.7. The van der Waals surface area contributed by atoms with E-state index < -0.39 is 0 Å². The number of hydrogen-bond acceptors (Lipinski definition) is 3.